The van der Waals surface area contributed by atoms with Gasteiger partial charge in [0.1, 0.15) is 35.1 Å². The lowest BCUT2D eigenvalue weighted by Crippen LogP contribution is -2.13. The average Bonchev–Trinajstić information content (AvgIpc) is 3.24. The number of nitrogens with one attached hydrogen (secondary N) is 1. The van der Waals surface area contributed by atoms with Crippen molar-refractivity contribution in [1.29, 1.82) is 10.5 Å². The Kier molecular flexibility index (Phi) is 8.80. The van der Waals surface area contributed by atoms with Gasteiger partial charge in [-0.15, -0.1) is 11.3 Å². The van der Waals surface area contributed by atoms with Crippen LogP contribution >= 0.6 is 33.9 Å². The van der Waals surface area contributed by atoms with Gasteiger partial charge >= 0.3 is 0 Å². The Morgan fingerprint density at radius 2 is 1.95 bits per heavy atom. The molecule has 37 heavy (non-hydrogen) atoms. The summed E-state index contributed by atoms with van der Waals surface area (Å²) in [6.45, 7) is 2.46. The molecule has 1 aromatic heterocycles. The van der Waals surface area contributed by atoms with Crippen molar-refractivity contribution in [2.24, 2.45) is 0 Å². The number of nitrogens with zero attached hydrogens (tertiary/aromatic N) is 2. The van der Waals surface area contributed by atoms with Gasteiger partial charge in [0.05, 0.1) is 15.7 Å². The van der Waals surface area contributed by atoms with Gasteiger partial charge in [-0.3, -0.25) is 4.79 Å². The van der Waals surface area contributed by atoms with Crippen molar-refractivity contribution in [2.45, 2.75) is 39.2 Å². The standard InChI is InChI=1S/C28H23FIN3O3S/c1-2-35-24-13-18(12-23(30)26(24)36-16-17-7-9-20(29)10-8-17)11-19(14-31)27(34)33-28-22(15-32)21-5-3-4-6-25(21)37-28/h7-13H,2-6,16H2,1H3,(H,33,34)/b19-11+. The molecule has 0 spiro atoms. The molecule has 0 bridgehead atoms. The fourth-order valence-electron chi connectivity index (χ4n) is 4.07. The van der Waals surface area contributed by atoms with Crippen LogP contribution in [0.15, 0.2) is 42.0 Å². The van der Waals surface area contributed by atoms with Crippen LogP contribution in [0.1, 0.15) is 46.9 Å². The lowest BCUT2D eigenvalue weighted by atomic mass is 9.96. The predicted octanol–water partition coefficient (Wildman–Crippen LogP) is 6.77. The Morgan fingerprint density at radius 1 is 1.19 bits per heavy atom. The highest BCUT2D eigenvalue weighted by Gasteiger charge is 2.23. The van der Waals surface area contributed by atoms with Crippen LogP contribution in [-0.4, -0.2) is 12.5 Å². The summed E-state index contributed by atoms with van der Waals surface area (Å²) in [6.07, 6.45) is 5.32. The normalized spacial score (nSPS) is 12.7. The van der Waals surface area contributed by atoms with Crippen molar-refractivity contribution in [1.82, 2.24) is 0 Å². The van der Waals surface area contributed by atoms with E-state index in [4.69, 9.17) is 9.47 Å². The minimum absolute atomic E-state index is 0.0894. The van der Waals surface area contributed by atoms with E-state index in [1.165, 1.54) is 29.5 Å². The number of anilines is 1. The van der Waals surface area contributed by atoms with E-state index in [0.717, 1.165) is 45.3 Å². The van der Waals surface area contributed by atoms with Gasteiger partial charge < -0.3 is 14.8 Å². The highest BCUT2D eigenvalue weighted by molar-refractivity contribution is 14.1. The number of hydrogen-bond donors (Lipinski definition) is 1. The second kappa shape index (κ2) is 12.2. The summed E-state index contributed by atoms with van der Waals surface area (Å²) in [5.41, 5.74) is 2.83. The first-order valence-corrected chi connectivity index (χ1v) is 13.6. The molecule has 2 aromatic carbocycles. The highest BCUT2D eigenvalue weighted by atomic mass is 127. The number of benzene rings is 2. The van der Waals surface area contributed by atoms with Crippen molar-refractivity contribution in [2.75, 3.05) is 11.9 Å². The Morgan fingerprint density at radius 3 is 2.65 bits per heavy atom. The van der Waals surface area contributed by atoms with Crippen molar-refractivity contribution >= 4 is 50.9 Å². The van der Waals surface area contributed by atoms with Gasteiger partial charge in [0.15, 0.2) is 11.5 Å². The molecule has 1 aliphatic rings. The van der Waals surface area contributed by atoms with Gasteiger partial charge in [0, 0.05) is 4.88 Å². The molecule has 4 rings (SSSR count). The molecule has 0 aliphatic heterocycles. The maximum absolute atomic E-state index is 13.2. The van der Waals surface area contributed by atoms with Crippen LogP contribution in [0.3, 0.4) is 0 Å². The molecule has 1 heterocycles. The molecule has 0 saturated heterocycles. The molecule has 0 radical (unpaired) electrons. The van der Waals surface area contributed by atoms with Crippen molar-refractivity contribution in [3.63, 3.8) is 0 Å². The number of carbonyl (C=O) groups excluding carboxylic acids is 1. The molecule has 3 aromatic rings. The molecule has 1 aliphatic carbocycles. The molecule has 0 fully saturated rings. The van der Waals surface area contributed by atoms with Gasteiger partial charge in [0.2, 0.25) is 0 Å². The number of aryl methyl sites for hydroxylation is 1. The fourth-order valence-corrected chi connectivity index (χ4v) is 6.08. The van der Waals surface area contributed by atoms with Crippen LogP contribution in [0.4, 0.5) is 9.39 Å². The Hall–Kier alpha value is -3.41. The molecule has 0 saturated carbocycles. The zero-order valence-electron chi connectivity index (χ0n) is 20.1. The quantitative estimate of drug-likeness (QED) is 0.169. The fraction of sp³-hybridized carbons (Fsp3) is 0.250. The van der Waals surface area contributed by atoms with Crippen LogP contribution in [0.2, 0.25) is 0 Å². The summed E-state index contributed by atoms with van der Waals surface area (Å²) in [5.74, 6) is 0.111. The third-order valence-electron chi connectivity index (χ3n) is 5.81. The van der Waals surface area contributed by atoms with E-state index in [0.29, 0.717) is 34.2 Å². The zero-order valence-corrected chi connectivity index (χ0v) is 23.0. The molecule has 1 N–H and O–H groups in total. The smallest absolute Gasteiger partial charge is 0.266 e. The predicted molar refractivity (Wildman–Crippen MR) is 149 cm³/mol. The van der Waals surface area contributed by atoms with Crippen molar-refractivity contribution < 1.29 is 18.7 Å². The maximum atomic E-state index is 13.2. The van der Waals surface area contributed by atoms with Gasteiger partial charge in [-0.05, 0) is 102 Å². The second-order valence-electron chi connectivity index (χ2n) is 8.33. The number of fused-ring (bicyclic) bond motifs is 1. The van der Waals surface area contributed by atoms with Crippen molar-refractivity contribution in [3.05, 3.63) is 78.5 Å². The van der Waals surface area contributed by atoms with E-state index in [2.05, 4.69) is 34.0 Å². The van der Waals surface area contributed by atoms with Crippen LogP contribution in [-0.2, 0) is 24.2 Å². The topological polar surface area (TPSA) is 95.1 Å². The Labute approximate surface area is 232 Å². The van der Waals surface area contributed by atoms with Gasteiger partial charge in [-0.2, -0.15) is 10.5 Å². The number of amides is 1. The lowest BCUT2D eigenvalue weighted by Gasteiger charge is -2.15. The lowest BCUT2D eigenvalue weighted by molar-refractivity contribution is -0.112. The first kappa shape index (κ1) is 26.6. The Balaban J connectivity index is 1.57. The number of nitriles is 2. The van der Waals surface area contributed by atoms with Gasteiger partial charge in [-0.25, -0.2) is 4.39 Å². The van der Waals surface area contributed by atoms with E-state index in [9.17, 15) is 19.7 Å². The van der Waals surface area contributed by atoms with E-state index >= 15 is 0 Å². The van der Waals surface area contributed by atoms with E-state index in [1.807, 2.05) is 13.0 Å². The number of ether oxygens (including phenoxy) is 2. The molecule has 1 amide bonds. The Bertz CT molecular complexity index is 1430. The zero-order chi connectivity index (χ0) is 26.4. The third-order valence-corrected chi connectivity index (χ3v) is 7.82. The molecule has 6 nitrogen and oxygen atoms in total. The van der Waals surface area contributed by atoms with Gasteiger partial charge in [-0.1, -0.05) is 12.1 Å². The monoisotopic (exact) mass is 627 g/mol. The van der Waals surface area contributed by atoms with Crippen LogP contribution in [0, 0.1) is 32.0 Å². The van der Waals surface area contributed by atoms with Crippen molar-refractivity contribution in [3.8, 4) is 23.6 Å². The summed E-state index contributed by atoms with van der Waals surface area (Å²) in [4.78, 5) is 14.1. The summed E-state index contributed by atoms with van der Waals surface area (Å²) < 4.78 is 25.7. The van der Waals surface area contributed by atoms with Crippen LogP contribution in [0.5, 0.6) is 11.5 Å². The number of halogens is 2. The third kappa shape index (κ3) is 6.30. The number of carbonyl (C=O) groups is 1. The summed E-state index contributed by atoms with van der Waals surface area (Å²) in [7, 11) is 0. The minimum Gasteiger partial charge on any atom is -0.490 e. The van der Waals surface area contributed by atoms with E-state index < -0.39 is 5.91 Å². The number of thiophene rings is 1. The molecular weight excluding hydrogens is 604 g/mol. The molecule has 188 valence electrons. The summed E-state index contributed by atoms with van der Waals surface area (Å²) in [6, 6.07) is 13.7. The number of hydrogen-bond acceptors (Lipinski definition) is 6. The molecular formula is C28H23FIN3O3S. The van der Waals surface area contributed by atoms with Crippen LogP contribution in [0.25, 0.3) is 6.08 Å². The first-order valence-electron chi connectivity index (χ1n) is 11.7. The molecule has 9 heteroatoms. The van der Waals surface area contributed by atoms with Gasteiger partial charge in [0.25, 0.3) is 5.91 Å². The SMILES string of the molecule is CCOc1cc(/C=C(\C#N)C(=O)Nc2sc3c(c2C#N)CCCC3)cc(I)c1OCc1ccc(F)cc1. The minimum atomic E-state index is -0.567. The summed E-state index contributed by atoms with van der Waals surface area (Å²) in [5, 5.41) is 22.7. The second-order valence-corrected chi connectivity index (χ2v) is 10.6. The average molecular weight is 627 g/mol. The van der Waals surface area contributed by atoms with E-state index in [-0.39, 0.29) is 18.0 Å². The maximum Gasteiger partial charge on any atom is 0.266 e. The molecule has 0 atom stereocenters. The van der Waals surface area contributed by atoms with E-state index in [1.54, 1.807) is 24.3 Å². The number of rotatable bonds is 8. The largest absolute Gasteiger partial charge is 0.490 e. The highest BCUT2D eigenvalue weighted by Crippen LogP contribution is 2.38. The molecule has 0 unspecified atom stereocenters. The van der Waals surface area contributed by atoms with Crippen LogP contribution < -0.4 is 14.8 Å². The first-order chi connectivity index (χ1) is 17.9. The summed E-state index contributed by atoms with van der Waals surface area (Å²) >= 11 is 3.53.